The Morgan fingerprint density at radius 1 is 0.556 bits per heavy atom. The van der Waals surface area contributed by atoms with Crippen molar-refractivity contribution < 1.29 is 9.47 Å². The normalized spacial score (nSPS) is 10.7. The quantitative estimate of drug-likeness (QED) is 0.466. The Morgan fingerprint density at radius 3 is 1.81 bits per heavy atom. The van der Waals surface area contributed by atoms with E-state index < -0.39 is 0 Å². The predicted octanol–water partition coefficient (Wildman–Crippen LogP) is 5.93. The molecule has 3 heteroatoms. The molecular formula is C24H21NO2. The third kappa shape index (κ3) is 4.27. The van der Waals surface area contributed by atoms with Crippen LogP contribution in [0.4, 0.5) is 0 Å². The van der Waals surface area contributed by atoms with Gasteiger partial charge in [-0.15, -0.1) is 0 Å². The van der Waals surface area contributed by atoms with Crippen molar-refractivity contribution in [2.75, 3.05) is 6.54 Å². The molecule has 0 heterocycles. The van der Waals surface area contributed by atoms with Crippen molar-refractivity contribution in [3.8, 4) is 23.0 Å². The lowest BCUT2D eigenvalue weighted by atomic mass is 10.0. The zero-order chi connectivity index (χ0) is 18.5. The van der Waals surface area contributed by atoms with Crippen molar-refractivity contribution in [2.45, 2.75) is 6.42 Å². The van der Waals surface area contributed by atoms with Gasteiger partial charge in [0.2, 0.25) is 0 Å². The first-order valence-electron chi connectivity index (χ1n) is 9.04. The molecule has 4 aromatic rings. The van der Waals surface area contributed by atoms with Crippen molar-refractivity contribution in [3.05, 3.63) is 96.6 Å². The largest absolute Gasteiger partial charge is 0.457 e. The maximum Gasteiger partial charge on any atom is 0.128 e. The third-order valence-corrected chi connectivity index (χ3v) is 4.35. The second-order valence-corrected chi connectivity index (χ2v) is 6.37. The van der Waals surface area contributed by atoms with E-state index in [0.29, 0.717) is 6.54 Å². The number of nitrogens with two attached hydrogens (primary N) is 1. The molecular weight excluding hydrogens is 334 g/mol. The Balaban J connectivity index is 1.47. The van der Waals surface area contributed by atoms with E-state index in [9.17, 15) is 0 Å². The van der Waals surface area contributed by atoms with Crippen LogP contribution in [0.25, 0.3) is 10.8 Å². The molecule has 0 saturated carbocycles. The summed E-state index contributed by atoms with van der Waals surface area (Å²) in [7, 11) is 0. The van der Waals surface area contributed by atoms with E-state index in [0.717, 1.165) is 34.8 Å². The van der Waals surface area contributed by atoms with Crippen molar-refractivity contribution in [1.29, 1.82) is 0 Å². The molecule has 0 aliphatic rings. The van der Waals surface area contributed by atoms with Crippen molar-refractivity contribution >= 4 is 10.8 Å². The molecule has 0 radical (unpaired) electrons. The first kappa shape index (κ1) is 17.1. The molecule has 0 aromatic heterocycles. The first-order chi connectivity index (χ1) is 13.3. The summed E-state index contributed by atoms with van der Waals surface area (Å²) in [5.41, 5.74) is 6.90. The van der Waals surface area contributed by atoms with Crippen LogP contribution >= 0.6 is 0 Å². The van der Waals surface area contributed by atoms with Gasteiger partial charge in [-0.2, -0.15) is 0 Å². The van der Waals surface area contributed by atoms with E-state index >= 15 is 0 Å². The highest BCUT2D eigenvalue weighted by atomic mass is 16.5. The van der Waals surface area contributed by atoms with Gasteiger partial charge >= 0.3 is 0 Å². The van der Waals surface area contributed by atoms with Crippen LogP contribution < -0.4 is 15.2 Å². The SMILES string of the molecule is NCCc1ccc2cc(Oc3ccc(Oc4ccccc4)cc3)ccc2c1. The number of hydrogen-bond acceptors (Lipinski definition) is 3. The van der Waals surface area contributed by atoms with Gasteiger partial charge < -0.3 is 15.2 Å². The van der Waals surface area contributed by atoms with Gasteiger partial charge in [-0.25, -0.2) is 0 Å². The first-order valence-corrected chi connectivity index (χ1v) is 9.04. The predicted molar refractivity (Wildman–Crippen MR) is 110 cm³/mol. The van der Waals surface area contributed by atoms with E-state index in [1.165, 1.54) is 10.9 Å². The summed E-state index contributed by atoms with van der Waals surface area (Å²) in [4.78, 5) is 0. The summed E-state index contributed by atoms with van der Waals surface area (Å²) in [6.07, 6.45) is 0.894. The van der Waals surface area contributed by atoms with Crippen molar-refractivity contribution in [2.24, 2.45) is 5.73 Å². The van der Waals surface area contributed by atoms with Gasteiger partial charge in [-0.1, -0.05) is 42.5 Å². The molecule has 0 unspecified atom stereocenters. The molecule has 0 fully saturated rings. The minimum atomic E-state index is 0.663. The molecule has 4 rings (SSSR count). The highest BCUT2D eigenvalue weighted by Gasteiger charge is 2.03. The molecule has 3 nitrogen and oxygen atoms in total. The van der Waals surface area contributed by atoms with Crippen LogP contribution in [-0.2, 0) is 6.42 Å². The molecule has 4 aromatic carbocycles. The monoisotopic (exact) mass is 355 g/mol. The summed E-state index contributed by atoms with van der Waals surface area (Å²) in [5, 5.41) is 2.34. The van der Waals surface area contributed by atoms with E-state index in [1.807, 2.05) is 60.7 Å². The number of hydrogen-bond donors (Lipinski definition) is 1. The van der Waals surface area contributed by atoms with E-state index in [-0.39, 0.29) is 0 Å². The van der Waals surface area contributed by atoms with Crippen LogP contribution in [0.2, 0.25) is 0 Å². The second-order valence-electron chi connectivity index (χ2n) is 6.37. The van der Waals surface area contributed by atoms with Crippen molar-refractivity contribution in [1.82, 2.24) is 0 Å². The summed E-state index contributed by atoms with van der Waals surface area (Å²) >= 11 is 0. The Bertz CT molecular complexity index is 1030. The number of ether oxygens (including phenoxy) is 2. The zero-order valence-electron chi connectivity index (χ0n) is 15.0. The lowest BCUT2D eigenvalue weighted by molar-refractivity contribution is 0.469. The molecule has 2 N–H and O–H groups in total. The molecule has 0 saturated heterocycles. The smallest absolute Gasteiger partial charge is 0.128 e. The van der Waals surface area contributed by atoms with Crippen LogP contribution in [0, 0.1) is 0 Å². The van der Waals surface area contributed by atoms with Crippen LogP contribution in [0.1, 0.15) is 5.56 Å². The Hall–Kier alpha value is -3.30. The minimum absolute atomic E-state index is 0.663. The fraction of sp³-hybridized carbons (Fsp3) is 0.0833. The lowest BCUT2D eigenvalue weighted by Gasteiger charge is -2.09. The Morgan fingerprint density at radius 2 is 1.11 bits per heavy atom. The van der Waals surface area contributed by atoms with Gasteiger partial charge in [-0.05, 0) is 77.8 Å². The zero-order valence-corrected chi connectivity index (χ0v) is 15.0. The van der Waals surface area contributed by atoms with Crippen LogP contribution in [0.15, 0.2) is 91.0 Å². The maximum atomic E-state index is 5.99. The summed E-state index contributed by atoms with van der Waals surface area (Å²) in [6, 6.07) is 29.9. The van der Waals surface area contributed by atoms with E-state index in [2.05, 4.69) is 30.3 Å². The average molecular weight is 355 g/mol. The van der Waals surface area contributed by atoms with Gasteiger partial charge in [0.15, 0.2) is 0 Å². The molecule has 0 atom stereocenters. The number of para-hydroxylation sites is 1. The van der Waals surface area contributed by atoms with Gasteiger partial charge in [0.05, 0.1) is 0 Å². The second kappa shape index (κ2) is 7.94. The highest BCUT2D eigenvalue weighted by Crippen LogP contribution is 2.29. The van der Waals surface area contributed by atoms with Crippen LogP contribution in [-0.4, -0.2) is 6.54 Å². The topological polar surface area (TPSA) is 44.5 Å². The summed E-state index contributed by atoms with van der Waals surface area (Å²) < 4.78 is 11.8. The van der Waals surface area contributed by atoms with Crippen LogP contribution in [0.3, 0.4) is 0 Å². The molecule has 0 amide bonds. The lowest BCUT2D eigenvalue weighted by Crippen LogP contribution is -2.02. The summed E-state index contributed by atoms with van der Waals surface area (Å²) in [6.45, 7) is 0.663. The Labute approximate surface area is 159 Å². The molecule has 134 valence electrons. The number of rotatable bonds is 6. The average Bonchev–Trinajstić information content (AvgIpc) is 2.71. The molecule has 0 aliphatic carbocycles. The number of benzene rings is 4. The highest BCUT2D eigenvalue weighted by molar-refractivity contribution is 5.84. The van der Waals surface area contributed by atoms with E-state index in [1.54, 1.807) is 0 Å². The fourth-order valence-corrected chi connectivity index (χ4v) is 3.00. The van der Waals surface area contributed by atoms with Gasteiger partial charge in [-0.3, -0.25) is 0 Å². The van der Waals surface area contributed by atoms with Crippen molar-refractivity contribution in [3.63, 3.8) is 0 Å². The van der Waals surface area contributed by atoms with Crippen LogP contribution in [0.5, 0.6) is 23.0 Å². The van der Waals surface area contributed by atoms with Gasteiger partial charge in [0.1, 0.15) is 23.0 Å². The minimum Gasteiger partial charge on any atom is -0.457 e. The standard InChI is InChI=1S/C24H21NO2/c25-15-14-18-6-7-20-17-24(9-8-19(20)16-18)27-23-12-10-22(11-13-23)26-21-4-2-1-3-5-21/h1-13,16-17H,14-15,25H2. The molecule has 0 aliphatic heterocycles. The van der Waals surface area contributed by atoms with Gasteiger partial charge in [0.25, 0.3) is 0 Å². The molecule has 0 bridgehead atoms. The molecule has 27 heavy (non-hydrogen) atoms. The Kier molecular flexibility index (Phi) is 5.04. The maximum absolute atomic E-state index is 5.99. The third-order valence-electron chi connectivity index (χ3n) is 4.35. The summed E-state index contributed by atoms with van der Waals surface area (Å²) in [5.74, 6) is 3.18. The fourth-order valence-electron chi connectivity index (χ4n) is 3.00. The molecule has 0 spiro atoms. The number of fused-ring (bicyclic) bond motifs is 1. The van der Waals surface area contributed by atoms with E-state index in [4.69, 9.17) is 15.2 Å². The van der Waals surface area contributed by atoms with Gasteiger partial charge in [0, 0.05) is 0 Å².